The Hall–Kier alpha value is -3.25. The first-order valence-electron chi connectivity index (χ1n) is 12.7. The van der Waals surface area contributed by atoms with E-state index in [1.807, 2.05) is 11.0 Å². The van der Waals surface area contributed by atoms with Gasteiger partial charge in [-0.3, -0.25) is 4.79 Å². The van der Waals surface area contributed by atoms with Gasteiger partial charge in [0.25, 0.3) is 5.91 Å². The molecule has 0 radical (unpaired) electrons. The van der Waals surface area contributed by atoms with Crippen LogP contribution < -0.4 is 14.5 Å². The molecule has 2 aliphatic heterocycles. The Balaban J connectivity index is 1.26. The number of nitrogens with zero attached hydrogens (tertiary/aromatic N) is 4. The molecule has 2 fully saturated rings. The summed E-state index contributed by atoms with van der Waals surface area (Å²) in [7, 11) is 2.16. The molecule has 35 heavy (non-hydrogen) atoms. The van der Waals surface area contributed by atoms with Gasteiger partial charge in [0, 0.05) is 63.4 Å². The molecule has 3 aromatic rings. The molecule has 0 saturated carbocycles. The van der Waals surface area contributed by atoms with Crippen molar-refractivity contribution in [2.75, 3.05) is 75.8 Å². The van der Waals surface area contributed by atoms with Gasteiger partial charge in [0.1, 0.15) is 5.75 Å². The van der Waals surface area contributed by atoms with Crippen molar-refractivity contribution in [2.45, 2.75) is 13.8 Å². The van der Waals surface area contributed by atoms with E-state index in [4.69, 9.17) is 4.74 Å². The van der Waals surface area contributed by atoms with E-state index in [1.54, 1.807) is 0 Å². The zero-order valence-corrected chi connectivity index (χ0v) is 21.2. The first kappa shape index (κ1) is 23.5. The van der Waals surface area contributed by atoms with Gasteiger partial charge in [0.2, 0.25) is 0 Å². The monoisotopic (exact) mass is 472 g/mol. The minimum absolute atomic E-state index is 0.0584. The first-order chi connectivity index (χ1) is 17.0. The van der Waals surface area contributed by atoms with E-state index >= 15 is 0 Å². The molecule has 0 N–H and O–H groups in total. The van der Waals surface area contributed by atoms with E-state index in [-0.39, 0.29) is 12.5 Å². The third-order valence-corrected chi connectivity index (χ3v) is 7.58. The lowest BCUT2D eigenvalue weighted by atomic mass is 10.1. The second-order valence-corrected chi connectivity index (χ2v) is 9.80. The van der Waals surface area contributed by atoms with Gasteiger partial charge < -0.3 is 24.3 Å². The minimum Gasteiger partial charge on any atom is -0.482 e. The van der Waals surface area contributed by atoms with Crippen LogP contribution in [0.15, 0.2) is 54.6 Å². The number of amides is 1. The maximum atomic E-state index is 13.1. The summed E-state index contributed by atoms with van der Waals surface area (Å²) in [6.07, 6.45) is 0. The fourth-order valence-electron chi connectivity index (χ4n) is 5.21. The smallest absolute Gasteiger partial charge is 0.260 e. The molecule has 1 amide bonds. The average Bonchev–Trinajstić information content (AvgIpc) is 2.89. The van der Waals surface area contributed by atoms with Crippen LogP contribution in [-0.2, 0) is 4.79 Å². The highest BCUT2D eigenvalue weighted by Gasteiger charge is 2.24. The summed E-state index contributed by atoms with van der Waals surface area (Å²) in [5, 5.41) is 2.38. The number of carbonyl (C=O) groups excluding carboxylic acids is 1. The summed E-state index contributed by atoms with van der Waals surface area (Å²) in [6, 6.07) is 19.0. The van der Waals surface area contributed by atoms with Crippen LogP contribution in [0.1, 0.15) is 11.1 Å². The highest BCUT2D eigenvalue weighted by Crippen LogP contribution is 2.37. The SMILES string of the molecule is Cc1cccc(N2CCN(C(=O)COc3ccc4ccccc4c3N3CCN(C)CC3)CC2)c1C. The van der Waals surface area contributed by atoms with Crippen LogP contribution in [0, 0.1) is 13.8 Å². The van der Waals surface area contributed by atoms with Gasteiger partial charge in [0.05, 0.1) is 5.69 Å². The van der Waals surface area contributed by atoms with Crippen LogP contribution >= 0.6 is 0 Å². The number of hydrogen-bond donors (Lipinski definition) is 0. The molecule has 184 valence electrons. The number of benzene rings is 3. The van der Waals surface area contributed by atoms with Gasteiger partial charge in [-0.25, -0.2) is 0 Å². The highest BCUT2D eigenvalue weighted by atomic mass is 16.5. The summed E-state index contributed by atoms with van der Waals surface area (Å²) < 4.78 is 6.23. The minimum atomic E-state index is 0.0584. The lowest BCUT2D eigenvalue weighted by Crippen LogP contribution is -2.50. The number of likely N-dealkylation sites (N-methyl/N-ethyl adjacent to an activating group) is 1. The Morgan fingerprint density at radius 2 is 1.51 bits per heavy atom. The Kier molecular flexibility index (Phi) is 6.82. The lowest BCUT2D eigenvalue weighted by Gasteiger charge is -2.37. The Bertz CT molecular complexity index is 1190. The van der Waals surface area contributed by atoms with E-state index in [9.17, 15) is 4.79 Å². The van der Waals surface area contributed by atoms with Crippen LogP contribution in [0.4, 0.5) is 11.4 Å². The molecule has 2 heterocycles. The van der Waals surface area contributed by atoms with Gasteiger partial charge in [-0.2, -0.15) is 0 Å². The first-order valence-corrected chi connectivity index (χ1v) is 12.7. The predicted octanol–water partition coefficient (Wildman–Crippen LogP) is 3.94. The van der Waals surface area contributed by atoms with Crippen molar-refractivity contribution in [1.82, 2.24) is 9.80 Å². The second kappa shape index (κ2) is 10.2. The Labute approximate surface area is 208 Å². The van der Waals surface area contributed by atoms with Crippen LogP contribution in [0.2, 0.25) is 0 Å². The van der Waals surface area contributed by atoms with E-state index in [0.29, 0.717) is 0 Å². The Morgan fingerprint density at radius 1 is 0.800 bits per heavy atom. The summed E-state index contributed by atoms with van der Waals surface area (Å²) in [4.78, 5) is 22.2. The van der Waals surface area contributed by atoms with Crippen LogP contribution in [0.25, 0.3) is 10.8 Å². The topological polar surface area (TPSA) is 39.3 Å². The molecule has 0 bridgehead atoms. The summed E-state index contributed by atoms with van der Waals surface area (Å²) in [5.41, 5.74) is 5.02. The van der Waals surface area contributed by atoms with Crippen molar-refractivity contribution in [3.8, 4) is 5.75 Å². The molecule has 0 aromatic heterocycles. The molecule has 6 nitrogen and oxygen atoms in total. The van der Waals surface area contributed by atoms with Crippen molar-refractivity contribution in [2.24, 2.45) is 0 Å². The molecule has 0 spiro atoms. The molecule has 0 aliphatic carbocycles. The lowest BCUT2D eigenvalue weighted by molar-refractivity contribution is -0.133. The molecule has 0 unspecified atom stereocenters. The van der Waals surface area contributed by atoms with E-state index in [1.165, 1.54) is 27.6 Å². The van der Waals surface area contributed by atoms with E-state index < -0.39 is 0 Å². The number of fused-ring (bicyclic) bond motifs is 1. The van der Waals surface area contributed by atoms with Gasteiger partial charge in [0.15, 0.2) is 6.61 Å². The summed E-state index contributed by atoms with van der Waals surface area (Å²) in [6.45, 7) is 11.5. The van der Waals surface area contributed by atoms with E-state index in [0.717, 1.165) is 63.8 Å². The van der Waals surface area contributed by atoms with E-state index in [2.05, 4.69) is 84.1 Å². The number of piperazine rings is 2. The van der Waals surface area contributed by atoms with Gasteiger partial charge in [-0.15, -0.1) is 0 Å². The zero-order valence-electron chi connectivity index (χ0n) is 21.2. The molecule has 5 rings (SSSR count). The van der Waals surface area contributed by atoms with Crippen molar-refractivity contribution in [1.29, 1.82) is 0 Å². The maximum Gasteiger partial charge on any atom is 0.260 e. The number of aryl methyl sites for hydroxylation is 1. The van der Waals surface area contributed by atoms with Crippen molar-refractivity contribution in [3.63, 3.8) is 0 Å². The molecule has 0 atom stereocenters. The normalized spacial score (nSPS) is 17.2. The molecule has 2 aliphatic rings. The van der Waals surface area contributed by atoms with Crippen molar-refractivity contribution >= 4 is 28.1 Å². The third-order valence-electron chi connectivity index (χ3n) is 7.58. The summed E-state index contributed by atoms with van der Waals surface area (Å²) >= 11 is 0. The highest BCUT2D eigenvalue weighted by molar-refractivity contribution is 5.97. The average molecular weight is 473 g/mol. The van der Waals surface area contributed by atoms with Crippen LogP contribution in [-0.4, -0.2) is 81.7 Å². The number of anilines is 2. The molecule has 3 aromatic carbocycles. The second-order valence-electron chi connectivity index (χ2n) is 9.80. The molecular formula is C29H36N4O2. The Morgan fingerprint density at radius 3 is 2.29 bits per heavy atom. The third kappa shape index (κ3) is 4.94. The predicted molar refractivity (Wildman–Crippen MR) is 144 cm³/mol. The number of carbonyl (C=O) groups is 1. The zero-order chi connectivity index (χ0) is 24.4. The maximum absolute atomic E-state index is 13.1. The van der Waals surface area contributed by atoms with Crippen molar-refractivity contribution < 1.29 is 9.53 Å². The molecule has 6 heteroatoms. The van der Waals surface area contributed by atoms with Crippen LogP contribution in [0.3, 0.4) is 0 Å². The van der Waals surface area contributed by atoms with Gasteiger partial charge in [-0.1, -0.05) is 42.5 Å². The molecular weight excluding hydrogens is 436 g/mol. The number of ether oxygens (including phenoxy) is 1. The standard InChI is InChI=1S/C29H36N4O2/c1-22-7-6-10-26(23(22)2)31-17-19-32(20-18-31)28(34)21-35-27-12-11-24-8-4-5-9-25(24)29(27)33-15-13-30(3)14-16-33/h4-12H,13-21H2,1-3H3. The number of rotatable bonds is 5. The largest absolute Gasteiger partial charge is 0.482 e. The van der Waals surface area contributed by atoms with Crippen molar-refractivity contribution in [3.05, 3.63) is 65.7 Å². The molecule has 2 saturated heterocycles. The fourth-order valence-corrected chi connectivity index (χ4v) is 5.21. The summed E-state index contributed by atoms with van der Waals surface area (Å²) in [5.74, 6) is 0.860. The number of hydrogen-bond acceptors (Lipinski definition) is 5. The quantitative estimate of drug-likeness (QED) is 0.563. The van der Waals surface area contributed by atoms with Crippen LogP contribution in [0.5, 0.6) is 5.75 Å². The van der Waals surface area contributed by atoms with Gasteiger partial charge >= 0.3 is 0 Å². The van der Waals surface area contributed by atoms with Gasteiger partial charge in [-0.05, 0) is 49.5 Å². The fraction of sp³-hybridized carbons (Fsp3) is 0.414.